The smallest absolute Gasteiger partial charge is 0.0977 e. The molecule has 0 saturated heterocycles. The van der Waals surface area contributed by atoms with Crippen LogP contribution in [-0.2, 0) is 4.74 Å². The molecular weight excluding hydrogens is 253 g/mol. The Morgan fingerprint density at radius 1 is 1.62 bits per heavy atom. The van der Waals surface area contributed by atoms with E-state index in [0.29, 0.717) is 5.02 Å². The van der Waals surface area contributed by atoms with E-state index in [2.05, 4.69) is 20.9 Å². The Morgan fingerprint density at radius 3 is 2.69 bits per heavy atom. The van der Waals surface area contributed by atoms with Crippen LogP contribution in [0, 0.1) is 0 Å². The molecule has 0 aliphatic heterocycles. The van der Waals surface area contributed by atoms with Crippen LogP contribution in [-0.4, -0.2) is 12.1 Å². The van der Waals surface area contributed by atoms with E-state index in [0.717, 1.165) is 10.2 Å². The summed E-state index contributed by atoms with van der Waals surface area (Å²) in [6, 6.07) is 1.80. The molecule has 0 bridgehead atoms. The van der Waals surface area contributed by atoms with Gasteiger partial charge in [0.15, 0.2) is 0 Å². The van der Waals surface area contributed by atoms with Crippen LogP contribution in [0.3, 0.4) is 0 Å². The maximum Gasteiger partial charge on any atom is 0.0977 e. The highest BCUT2D eigenvalue weighted by Crippen LogP contribution is 2.25. The van der Waals surface area contributed by atoms with E-state index in [1.165, 1.54) is 0 Å². The van der Waals surface area contributed by atoms with E-state index in [-0.39, 0.29) is 13.5 Å². The molecule has 1 heterocycles. The summed E-state index contributed by atoms with van der Waals surface area (Å²) < 4.78 is 5.97. The first-order valence-corrected chi connectivity index (χ1v) is 4.66. The molecule has 1 unspecified atom stereocenters. The second-order valence-electron chi connectivity index (χ2n) is 2.40. The lowest BCUT2D eigenvalue weighted by molar-refractivity contribution is 0.116. The molecule has 2 nitrogen and oxygen atoms in total. The molecule has 0 aliphatic carbocycles. The van der Waals surface area contributed by atoms with Gasteiger partial charge in [-0.15, -0.1) is 0 Å². The molecular formula is C9H13BrClNO. The molecule has 0 spiro atoms. The van der Waals surface area contributed by atoms with E-state index >= 15 is 0 Å². The predicted molar refractivity (Wildman–Crippen MR) is 59.1 cm³/mol. The van der Waals surface area contributed by atoms with Crippen molar-refractivity contribution in [2.24, 2.45) is 0 Å². The lowest BCUT2D eigenvalue weighted by Gasteiger charge is -2.09. The van der Waals surface area contributed by atoms with Crippen molar-refractivity contribution in [3.63, 3.8) is 0 Å². The topological polar surface area (TPSA) is 22.1 Å². The normalized spacial score (nSPS) is 12.0. The first kappa shape index (κ1) is 12.9. The Balaban J connectivity index is 0.00000144. The number of hydrogen-bond donors (Lipinski definition) is 0. The highest BCUT2D eigenvalue weighted by molar-refractivity contribution is 9.10. The van der Waals surface area contributed by atoms with Gasteiger partial charge in [-0.05, 0) is 28.9 Å². The fourth-order valence-corrected chi connectivity index (χ4v) is 1.62. The minimum atomic E-state index is -0.0643. The Labute approximate surface area is 92.4 Å². The zero-order valence-electron chi connectivity index (χ0n) is 6.84. The van der Waals surface area contributed by atoms with E-state index in [1.807, 2.05) is 6.92 Å². The predicted octanol–water partition coefficient (Wildman–Crippen LogP) is 3.84. The van der Waals surface area contributed by atoms with Crippen molar-refractivity contribution in [3.05, 3.63) is 27.5 Å². The number of halogens is 2. The molecule has 0 radical (unpaired) electrons. The van der Waals surface area contributed by atoms with Crippen molar-refractivity contribution in [2.75, 3.05) is 7.11 Å². The van der Waals surface area contributed by atoms with Crippen LogP contribution in [0.25, 0.3) is 0 Å². The first-order chi connectivity index (χ1) is 5.65. The standard InChI is InChI=1S/C8H9BrClNO.CH4/c1-5(12-2)8-7(10)3-6(9)4-11-8;/h3-5H,1-2H3;1H4. The molecule has 0 saturated carbocycles. The van der Waals surface area contributed by atoms with Crippen LogP contribution in [0.1, 0.15) is 26.1 Å². The van der Waals surface area contributed by atoms with Gasteiger partial charge in [0.1, 0.15) is 0 Å². The number of rotatable bonds is 2. The lowest BCUT2D eigenvalue weighted by atomic mass is 10.2. The molecule has 1 atom stereocenters. The Morgan fingerprint density at radius 2 is 2.23 bits per heavy atom. The maximum atomic E-state index is 5.93. The Bertz CT molecular complexity index is 280. The fraction of sp³-hybridized carbons (Fsp3) is 0.444. The first-order valence-electron chi connectivity index (χ1n) is 3.49. The Kier molecular flexibility index (Phi) is 5.53. The largest absolute Gasteiger partial charge is 0.375 e. The van der Waals surface area contributed by atoms with Crippen molar-refractivity contribution in [2.45, 2.75) is 20.5 Å². The lowest BCUT2D eigenvalue weighted by Crippen LogP contribution is -1.99. The van der Waals surface area contributed by atoms with Gasteiger partial charge in [0.05, 0.1) is 16.8 Å². The number of aromatic nitrogens is 1. The molecule has 1 rings (SSSR count). The van der Waals surface area contributed by atoms with Gasteiger partial charge in [-0.2, -0.15) is 0 Å². The van der Waals surface area contributed by atoms with Crippen LogP contribution in [0.2, 0.25) is 5.02 Å². The maximum absolute atomic E-state index is 5.93. The zero-order valence-corrected chi connectivity index (χ0v) is 9.19. The molecule has 1 aromatic rings. The highest BCUT2D eigenvalue weighted by Gasteiger charge is 2.09. The van der Waals surface area contributed by atoms with Crippen molar-refractivity contribution in [1.29, 1.82) is 0 Å². The summed E-state index contributed by atoms with van der Waals surface area (Å²) in [5.74, 6) is 0. The van der Waals surface area contributed by atoms with Gasteiger partial charge in [0.2, 0.25) is 0 Å². The average Bonchev–Trinajstić information content (AvgIpc) is 2.03. The third kappa shape index (κ3) is 3.25. The molecule has 0 N–H and O–H groups in total. The molecule has 0 aromatic carbocycles. The second-order valence-corrected chi connectivity index (χ2v) is 3.72. The minimum Gasteiger partial charge on any atom is -0.375 e. The van der Waals surface area contributed by atoms with Crippen molar-refractivity contribution in [1.82, 2.24) is 4.98 Å². The third-order valence-corrected chi connectivity index (χ3v) is 2.31. The summed E-state index contributed by atoms with van der Waals surface area (Å²) in [7, 11) is 1.63. The third-order valence-electron chi connectivity index (χ3n) is 1.57. The second kappa shape index (κ2) is 5.58. The summed E-state index contributed by atoms with van der Waals surface area (Å²) in [5, 5.41) is 0.624. The van der Waals surface area contributed by atoms with Gasteiger partial charge >= 0.3 is 0 Å². The summed E-state index contributed by atoms with van der Waals surface area (Å²) in [6.45, 7) is 1.90. The molecule has 0 aliphatic rings. The van der Waals surface area contributed by atoms with E-state index < -0.39 is 0 Å². The van der Waals surface area contributed by atoms with Crippen LogP contribution in [0.5, 0.6) is 0 Å². The Hall–Kier alpha value is -0.120. The highest BCUT2D eigenvalue weighted by atomic mass is 79.9. The SMILES string of the molecule is C.COC(C)c1ncc(Br)cc1Cl. The molecule has 0 amide bonds. The fourth-order valence-electron chi connectivity index (χ4n) is 0.836. The van der Waals surface area contributed by atoms with Crippen LogP contribution < -0.4 is 0 Å². The summed E-state index contributed by atoms with van der Waals surface area (Å²) in [6.07, 6.45) is 1.64. The number of hydrogen-bond acceptors (Lipinski definition) is 2. The number of ether oxygens (including phenoxy) is 1. The summed E-state index contributed by atoms with van der Waals surface area (Å²) >= 11 is 9.21. The summed E-state index contributed by atoms with van der Waals surface area (Å²) in [4.78, 5) is 4.14. The van der Waals surface area contributed by atoms with Crippen molar-refractivity contribution in [3.8, 4) is 0 Å². The molecule has 74 valence electrons. The van der Waals surface area contributed by atoms with E-state index in [1.54, 1.807) is 19.4 Å². The quantitative estimate of drug-likeness (QED) is 0.811. The number of methoxy groups -OCH3 is 1. The van der Waals surface area contributed by atoms with E-state index in [9.17, 15) is 0 Å². The van der Waals surface area contributed by atoms with Gasteiger partial charge in [-0.3, -0.25) is 4.98 Å². The van der Waals surface area contributed by atoms with Gasteiger partial charge in [-0.1, -0.05) is 19.0 Å². The van der Waals surface area contributed by atoms with Gasteiger partial charge in [0.25, 0.3) is 0 Å². The van der Waals surface area contributed by atoms with E-state index in [4.69, 9.17) is 16.3 Å². The van der Waals surface area contributed by atoms with Gasteiger partial charge in [-0.25, -0.2) is 0 Å². The average molecular weight is 267 g/mol. The number of pyridine rings is 1. The molecule has 1 aromatic heterocycles. The van der Waals surface area contributed by atoms with Gasteiger partial charge in [0, 0.05) is 17.8 Å². The van der Waals surface area contributed by atoms with Crippen LogP contribution >= 0.6 is 27.5 Å². The van der Waals surface area contributed by atoms with Crippen molar-refractivity contribution >= 4 is 27.5 Å². The monoisotopic (exact) mass is 265 g/mol. The van der Waals surface area contributed by atoms with Crippen LogP contribution in [0.4, 0.5) is 0 Å². The van der Waals surface area contributed by atoms with Crippen molar-refractivity contribution < 1.29 is 4.74 Å². The molecule has 0 fully saturated rings. The number of nitrogens with zero attached hydrogens (tertiary/aromatic N) is 1. The summed E-state index contributed by atoms with van der Waals surface area (Å²) in [5.41, 5.74) is 0.766. The molecule has 4 heteroatoms. The zero-order chi connectivity index (χ0) is 9.14. The minimum absolute atomic E-state index is 0. The molecule has 13 heavy (non-hydrogen) atoms. The van der Waals surface area contributed by atoms with Crippen LogP contribution in [0.15, 0.2) is 16.7 Å². The van der Waals surface area contributed by atoms with Gasteiger partial charge < -0.3 is 4.74 Å².